The zero-order chi connectivity index (χ0) is 26.8. The SMILES string of the molecule is CC(C)(C)OC(=O)N[C@@H](c1ccc(Cl)cc1)C(F)(S(=O)(=O)c1ccccc1)S(=O)(=O)c1ccccc1. The molecule has 1 atom stereocenters. The normalized spacial score (nSPS) is 13.6. The Hall–Kier alpha value is -2.95. The summed E-state index contributed by atoms with van der Waals surface area (Å²) in [5.74, 6) is 0. The second-order valence-electron chi connectivity index (χ2n) is 8.85. The van der Waals surface area contributed by atoms with E-state index in [1.807, 2.05) is 0 Å². The van der Waals surface area contributed by atoms with Gasteiger partial charge in [0.1, 0.15) is 11.6 Å². The average molecular weight is 554 g/mol. The van der Waals surface area contributed by atoms with Crippen LogP contribution in [0.1, 0.15) is 32.4 Å². The summed E-state index contributed by atoms with van der Waals surface area (Å²) in [6.07, 6.45) is -1.21. The molecule has 1 N–H and O–H groups in total. The van der Waals surface area contributed by atoms with Gasteiger partial charge >= 0.3 is 10.4 Å². The zero-order valence-corrected chi connectivity index (χ0v) is 22.1. The van der Waals surface area contributed by atoms with Crippen molar-refractivity contribution in [3.63, 3.8) is 0 Å². The van der Waals surface area contributed by atoms with Crippen LogP contribution in [0.25, 0.3) is 0 Å². The molecular weight excluding hydrogens is 529 g/mol. The minimum absolute atomic E-state index is 0.160. The molecule has 0 aliphatic carbocycles. The van der Waals surface area contributed by atoms with Gasteiger partial charge in [-0.15, -0.1) is 0 Å². The van der Waals surface area contributed by atoms with Crippen LogP contribution in [-0.4, -0.2) is 32.9 Å². The minimum Gasteiger partial charge on any atom is -0.444 e. The lowest BCUT2D eigenvalue weighted by Gasteiger charge is -2.34. The van der Waals surface area contributed by atoms with Crippen LogP contribution in [0.4, 0.5) is 9.18 Å². The van der Waals surface area contributed by atoms with Gasteiger partial charge in [-0.3, -0.25) is 0 Å². The number of carbonyl (C=O) groups excluding carboxylic acids is 1. The van der Waals surface area contributed by atoms with Crippen LogP contribution in [0.5, 0.6) is 0 Å². The summed E-state index contributed by atoms with van der Waals surface area (Å²) >= 11 is 5.95. The average Bonchev–Trinajstić information content (AvgIpc) is 2.82. The Morgan fingerprint density at radius 1 is 0.806 bits per heavy atom. The van der Waals surface area contributed by atoms with Crippen molar-refractivity contribution in [3.8, 4) is 0 Å². The molecular formula is C25H25ClFNO6S2. The van der Waals surface area contributed by atoms with E-state index in [-0.39, 0.29) is 10.6 Å². The van der Waals surface area contributed by atoms with Crippen LogP contribution in [0.3, 0.4) is 0 Å². The molecule has 3 rings (SSSR count). The van der Waals surface area contributed by atoms with E-state index in [9.17, 15) is 21.6 Å². The van der Waals surface area contributed by atoms with Crippen LogP contribution < -0.4 is 5.32 Å². The number of nitrogens with one attached hydrogen (secondary N) is 1. The molecule has 11 heteroatoms. The first-order valence-electron chi connectivity index (χ1n) is 10.7. The van der Waals surface area contributed by atoms with Crippen molar-refractivity contribution in [2.45, 2.75) is 46.5 Å². The van der Waals surface area contributed by atoms with E-state index < -0.39 is 51.5 Å². The predicted octanol–water partition coefficient (Wildman–Crippen LogP) is 5.48. The van der Waals surface area contributed by atoms with Crippen molar-refractivity contribution in [1.82, 2.24) is 5.32 Å². The Morgan fingerprint density at radius 3 is 1.61 bits per heavy atom. The van der Waals surface area contributed by atoms with Crippen LogP contribution in [0.15, 0.2) is 94.7 Å². The highest BCUT2D eigenvalue weighted by Crippen LogP contribution is 2.46. The van der Waals surface area contributed by atoms with E-state index in [1.165, 1.54) is 60.7 Å². The summed E-state index contributed by atoms with van der Waals surface area (Å²) < 4.78 is 74.0. The van der Waals surface area contributed by atoms with Gasteiger partial charge in [0.2, 0.25) is 19.7 Å². The minimum atomic E-state index is -5.31. The number of rotatable bonds is 7. The van der Waals surface area contributed by atoms with Crippen LogP contribution in [0, 0.1) is 0 Å². The van der Waals surface area contributed by atoms with Gasteiger partial charge in [-0.2, -0.15) is 0 Å². The largest absolute Gasteiger partial charge is 0.444 e. The summed E-state index contributed by atoms with van der Waals surface area (Å²) in [4.78, 5) is 11.6. The number of alkyl carbamates (subject to hydrolysis) is 1. The van der Waals surface area contributed by atoms with Gasteiger partial charge in [-0.25, -0.2) is 26.0 Å². The van der Waals surface area contributed by atoms with E-state index in [4.69, 9.17) is 16.3 Å². The van der Waals surface area contributed by atoms with Gasteiger partial charge in [0.05, 0.1) is 9.79 Å². The summed E-state index contributed by atoms with van der Waals surface area (Å²) in [5.41, 5.74) is -1.20. The Morgan fingerprint density at radius 2 is 1.22 bits per heavy atom. The standard InChI is InChI=1S/C25H25ClFNO6S2/c1-24(2,3)34-23(29)28-22(18-14-16-19(26)17-15-18)25(27,35(30,31)20-10-6-4-7-11-20)36(32,33)21-12-8-5-9-13-21/h4-17,22H,1-3H3,(H,28,29)/t22-/m0/s1. The highest BCUT2D eigenvalue weighted by Gasteiger charge is 2.64. The maximum atomic E-state index is 17.5. The molecule has 7 nitrogen and oxygen atoms in total. The number of benzene rings is 3. The van der Waals surface area contributed by atoms with Crippen molar-refractivity contribution in [2.75, 3.05) is 0 Å². The molecule has 3 aromatic rings. The number of amides is 1. The molecule has 0 fully saturated rings. The van der Waals surface area contributed by atoms with Gasteiger partial charge in [0.15, 0.2) is 0 Å². The molecule has 192 valence electrons. The van der Waals surface area contributed by atoms with Crippen molar-refractivity contribution < 1.29 is 30.8 Å². The lowest BCUT2D eigenvalue weighted by atomic mass is 10.1. The lowest BCUT2D eigenvalue weighted by molar-refractivity contribution is 0.0481. The summed E-state index contributed by atoms with van der Waals surface area (Å²) in [6, 6.07) is 15.5. The number of sulfone groups is 2. The van der Waals surface area contributed by atoms with Gasteiger partial charge in [-0.1, -0.05) is 60.1 Å². The van der Waals surface area contributed by atoms with Crippen molar-refractivity contribution in [3.05, 3.63) is 95.5 Å². The second kappa shape index (κ2) is 10.2. The van der Waals surface area contributed by atoms with Crippen LogP contribution in [-0.2, 0) is 24.4 Å². The fourth-order valence-electron chi connectivity index (χ4n) is 3.42. The fourth-order valence-corrected chi connectivity index (χ4v) is 7.97. The zero-order valence-electron chi connectivity index (χ0n) is 19.7. The topological polar surface area (TPSA) is 107 Å². The van der Waals surface area contributed by atoms with E-state index in [0.717, 1.165) is 24.3 Å². The molecule has 0 heterocycles. The quantitative estimate of drug-likeness (QED) is 0.415. The number of halogens is 2. The van der Waals surface area contributed by atoms with E-state index in [2.05, 4.69) is 5.32 Å². The van der Waals surface area contributed by atoms with Gasteiger partial charge in [-0.05, 0) is 62.7 Å². The Balaban J connectivity index is 2.36. The fraction of sp³-hybridized carbons (Fsp3) is 0.240. The van der Waals surface area contributed by atoms with Crippen molar-refractivity contribution in [2.24, 2.45) is 0 Å². The summed E-state index contributed by atoms with van der Waals surface area (Å²) in [6.45, 7) is 4.65. The van der Waals surface area contributed by atoms with E-state index in [1.54, 1.807) is 20.8 Å². The molecule has 0 spiro atoms. The van der Waals surface area contributed by atoms with Crippen molar-refractivity contribution >= 4 is 37.4 Å². The third-order valence-electron chi connectivity index (χ3n) is 5.05. The summed E-state index contributed by atoms with van der Waals surface area (Å²) in [7, 11) is -10.6. The number of hydrogen-bond donors (Lipinski definition) is 1. The predicted molar refractivity (Wildman–Crippen MR) is 135 cm³/mol. The first kappa shape index (κ1) is 27.6. The van der Waals surface area contributed by atoms with E-state index in [0.29, 0.717) is 0 Å². The molecule has 0 aromatic heterocycles. The Bertz CT molecular complexity index is 1350. The first-order chi connectivity index (χ1) is 16.7. The molecule has 0 aliphatic heterocycles. The highest BCUT2D eigenvalue weighted by molar-refractivity contribution is 8.10. The van der Waals surface area contributed by atoms with Gasteiger partial charge in [0, 0.05) is 5.02 Å². The molecule has 1 amide bonds. The molecule has 36 heavy (non-hydrogen) atoms. The molecule has 0 bridgehead atoms. The summed E-state index contributed by atoms with van der Waals surface area (Å²) in [5, 5.41) is 2.40. The molecule has 0 saturated carbocycles. The van der Waals surface area contributed by atoms with Crippen molar-refractivity contribution in [1.29, 1.82) is 0 Å². The monoisotopic (exact) mass is 553 g/mol. The maximum Gasteiger partial charge on any atom is 0.408 e. The number of hydrogen-bond acceptors (Lipinski definition) is 6. The molecule has 3 aromatic carbocycles. The third kappa shape index (κ3) is 5.40. The number of ether oxygens (including phenoxy) is 1. The van der Waals surface area contributed by atoms with Crippen LogP contribution >= 0.6 is 11.6 Å². The molecule has 0 aliphatic rings. The number of carbonyl (C=O) groups is 1. The second-order valence-corrected chi connectivity index (χ2v) is 13.7. The highest BCUT2D eigenvalue weighted by atomic mass is 35.5. The molecule has 0 radical (unpaired) electrons. The maximum absolute atomic E-state index is 17.5. The first-order valence-corrected chi connectivity index (χ1v) is 14.1. The van der Waals surface area contributed by atoms with E-state index >= 15 is 4.39 Å². The molecule has 0 unspecified atom stereocenters. The Kier molecular flexibility index (Phi) is 7.83. The molecule has 0 saturated heterocycles. The van der Waals surface area contributed by atoms with Crippen LogP contribution in [0.2, 0.25) is 5.02 Å². The third-order valence-corrected chi connectivity index (χ3v) is 10.3. The Labute approximate surface area is 215 Å². The smallest absolute Gasteiger partial charge is 0.408 e. The number of alkyl halides is 1. The van der Waals surface area contributed by atoms with Gasteiger partial charge < -0.3 is 10.1 Å². The lowest BCUT2D eigenvalue weighted by Crippen LogP contribution is -2.54. The van der Waals surface area contributed by atoms with Gasteiger partial charge in [0.25, 0.3) is 0 Å².